The van der Waals surface area contributed by atoms with Crippen molar-refractivity contribution >= 4 is 17.5 Å². The number of para-hydroxylation sites is 1. The van der Waals surface area contributed by atoms with E-state index in [1.165, 1.54) is 19.2 Å². The first-order chi connectivity index (χ1) is 11.2. The molecule has 0 saturated carbocycles. The van der Waals surface area contributed by atoms with E-state index >= 15 is 0 Å². The Bertz CT molecular complexity index is 684. The summed E-state index contributed by atoms with van der Waals surface area (Å²) in [6.07, 6.45) is 3.83. The number of amides is 1. The van der Waals surface area contributed by atoms with Gasteiger partial charge >= 0.3 is 0 Å². The van der Waals surface area contributed by atoms with Crippen LogP contribution < -0.4 is 15.0 Å². The number of carbonyl (C=O) groups is 1. The molecule has 0 unspecified atom stereocenters. The molecule has 23 heavy (non-hydrogen) atoms. The lowest BCUT2D eigenvalue weighted by molar-refractivity contribution is -0.118. The summed E-state index contributed by atoms with van der Waals surface area (Å²) in [6.45, 7) is 3.90. The summed E-state index contributed by atoms with van der Waals surface area (Å²) in [7, 11) is 0. The summed E-state index contributed by atoms with van der Waals surface area (Å²) in [4.78, 5) is 22.6. The Morgan fingerprint density at radius 2 is 2.04 bits per heavy atom. The first kappa shape index (κ1) is 15.3. The lowest BCUT2D eigenvalue weighted by Gasteiger charge is -2.16. The minimum absolute atomic E-state index is 0.0477. The van der Waals surface area contributed by atoms with Crippen LogP contribution in [-0.4, -0.2) is 35.6 Å². The van der Waals surface area contributed by atoms with Crippen LogP contribution in [-0.2, 0) is 4.79 Å². The third kappa shape index (κ3) is 3.97. The summed E-state index contributed by atoms with van der Waals surface area (Å²) in [5.74, 6) is 1.83. The molecule has 0 atom stereocenters. The molecule has 1 aromatic carbocycles. The smallest absolute Gasteiger partial charge is 0.263 e. The van der Waals surface area contributed by atoms with Crippen molar-refractivity contribution in [1.29, 1.82) is 0 Å². The molecule has 1 amide bonds. The second-order valence-electron chi connectivity index (χ2n) is 5.56. The molecule has 1 fully saturated rings. The number of aryl methyl sites for hydroxylation is 1. The van der Waals surface area contributed by atoms with Crippen LogP contribution in [0.15, 0.2) is 36.7 Å². The average molecular weight is 312 g/mol. The zero-order valence-electron chi connectivity index (χ0n) is 13.2. The molecule has 0 aliphatic carbocycles. The highest BCUT2D eigenvalue weighted by Crippen LogP contribution is 2.19. The summed E-state index contributed by atoms with van der Waals surface area (Å²) in [6, 6.07) is 9.41. The molecule has 1 aromatic heterocycles. The van der Waals surface area contributed by atoms with Gasteiger partial charge in [-0.3, -0.25) is 4.79 Å². The zero-order valence-corrected chi connectivity index (χ0v) is 13.2. The number of rotatable bonds is 5. The molecule has 3 rings (SSSR count). The van der Waals surface area contributed by atoms with Gasteiger partial charge < -0.3 is 15.0 Å². The van der Waals surface area contributed by atoms with Crippen molar-refractivity contribution in [3.05, 3.63) is 42.2 Å². The second-order valence-corrected chi connectivity index (χ2v) is 5.56. The van der Waals surface area contributed by atoms with E-state index in [0.29, 0.717) is 11.6 Å². The number of anilines is 2. The van der Waals surface area contributed by atoms with Gasteiger partial charge in [0, 0.05) is 19.2 Å². The number of hydrogen-bond acceptors (Lipinski definition) is 5. The Balaban J connectivity index is 1.57. The molecule has 1 saturated heterocycles. The molecule has 0 radical (unpaired) electrons. The number of benzene rings is 1. The second kappa shape index (κ2) is 7.09. The number of nitrogens with one attached hydrogen (secondary N) is 1. The van der Waals surface area contributed by atoms with E-state index < -0.39 is 0 Å². The highest BCUT2D eigenvalue weighted by molar-refractivity contribution is 5.91. The third-order valence-corrected chi connectivity index (χ3v) is 3.80. The Hall–Kier alpha value is -2.63. The van der Waals surface area contributed by atoms with Gasteiger partial charge in [-0.05, 0) is 31.4 Å². The monoisotopic (exact) mass is 312 g/mol. The number of ether oxygens (including phenoxy) is 1. The molecule has 1 N–H and O–H groups in total. The zero-order chi connectivity index (χ0) is 16.1. The van der Waals surface area contributed by atoms with E-state index in [9.17, 15) is 4.79 Å². The first-order valence-corrected chi connectivity index (χ1v) is 7.77. The van der Waals surface area contributed by atoms with Crippen LogP contribution >= 0.6 is 0 Å². The molecular weight excluding hydrogens is 292 g/mol. The SMILES string of the molecule is Cc1ccccc1OCC(=O)Nc1cc(N2CCCC2)ncn1. The Morgan fingerprint density at radius 1 is 1.26 bits per heavy atom. The first-order valence-electron chi connectivity index (χ1n) is 7.77. The van der Waals surface area contributed by atoms with Crippen LogP contribution in [0.2, 0.25) is 0 Å². The van der Waals surface area contributed by atoms with Gasteiger partial charge in [0.1, 0.15) is 23.7 Å². The summed E-state index contributed by atoms with van der Waals surface area (Å²) in [5.41, 5.74) is 0.999. The van der Waals surface area contributed by atoms with Gasteiger partial charge in [0.25, 0.3) is 5.91 Å². The van der Waals surface area contributed by atoms with E-state index in [1.54, 1.807) is 6.07 Å². The quantitative estimate of drug-likeness (QED) is 0.918. The van der Waals surface area contributed by atoms with Gasteiger partial charge in [-0.2, -0.15) is 0 Å². The van der Waals surface area contributed by atoms with E-state index in [4.69, 9.17) is 4.74 Å². The molecule has 1 aliphatic rings. The highest BCUT2D eigenvalue weighted by Gasteiger charge is 2.14. The van der Waals surface area contributed by atoms with Crippen molar-refractivity contribution < 1.29 is 9.53 Å². The molecule has 0 bridgehead atoms. The highest BCUT2D eigenvalue weighted by atomic mass is 16.5. The normalized spacial score (nSPS) is 13.9. The van der Waals surface area contributed by atoms with Crippen molar-refractivity contribution in [2.75, 3.05) is 29.9 Å². The average Bonchev–Trinajstić information content (AvgIpc) is 3.09. The molecule has 6 nitrogen and oxygen atoms in total. The van der Waals surface area contributed by atoms with Gasteiger partial charge in [-0.1, -0.05) is 18.2 Å². The molecule has 1 aliphatic heterocycles. The van der Waals surface area contributed by atoms with E-state index in [-0.39, 0.29) is 12.5 Å². The van der Waals surface area contributed by atoms with Gasteiger partial charge in [0.05, 0.1) is 0 Å². The van der Waals surface area contributed by atoms with Crippen LogP contribution in [0.4, 0.5) is 11.6 Å². The van der Waals surface area contributed by atoms with E-state index in [1.807, 2.05) is 31.2 Å². The maximum absolute atomic E-state index is 12.0. The fraction of sp³-hybridized carbons (Fsp3) is 0.353. The molecule has 2 heterocycles. The van der Waals surface area contributed by atoms with Crippen molar-refractivity contribution in [1.82, 2.24) is 9.97 Å². The Kier molecular flexibility index (Phi) is 4.71. The number of hydrogen-bond donors (Lipinski definition) is 1. The third-order valence-electron chi connectivity index (χ3n) is 3.80. The van der Waals surface area contributed by atoms with Crippen molar-refractivity contribution in [2.45, 2.75) is 19.8 Å². The summed E-state index contributed by atoms with van der Waals surface area (Å²) >= 11 is 0. The molecule has 2 aromatic rings. The van der Waals surface area contributed by atoms with Gasteiger partial charge in [-0.25, -0.2) is 9.97 Å². The maximum Gasteiger partial charge on any atom is 0.263 e. The maximum atomic E-state index is 12.0. The lowest BCUT2D eigenvalue weighted by Crippen LogP contribution is -2.22. The van der Waals surface area contributed by atoms with Crippen LogP contribution in [0.25, 0.3) is 0 Å². The topological polar surface area (TPSA) is 67.3 Å². The minimum atomic E-state index is -0.237. The number of aromatic nitrogens is 2. The standard InChI is InChI=1S/C17H20N4O2/c1-13-6-2-3-7-14(13)23-11-17(22)20-15-10-16(19-12-18-15)21-8-4-5-9-21/h2-3,6-7,10,12H,4-5,8-9,11H2,1H3,(H,18,19,20,22). The lowest BCUT2D eigenvalue weighted by atomic mass is 10.2. The predicted molar refractivity (Wildman–Crippen MR) is 88.8 cm³/mol. The van der Waals surface area contributed by atoms with Crippen LogP contribution in [0.3, 0.4) is 0 Å². The molecule has 0 spiro atoms. The summed E-state index contributed by atoms with van der Waals surface area (Å²) < 4.78 is 5.53. The van der Waals surface area contributed by atoms with Crippen LogP contribution in [0.1, 0.15) is 18.4 Å². The van der Waals surface area contributed by atoms with Crippen molar-refractivity contribution in [3.8, 4) is 5.75 Å². The van der Waals surface area contributed by atoms with E-state index in [0.717, 1.165) is 24.5 Å². The number of carbonyl (C=O) groups excluding carboxylic acids is 1. The Morgan fingerprint density at radius 3 is 2.83 bits per heavy atom. The summed E-state index contributed by atoms with van der Waals surface area (Å²) in [5, 5.41) is 2.75. The predicted octanol–water partition coefficient (Wildman–Crippen LogP) is 2.40. The fourth-order valence-corrected chi connectivity index (χ4v) is 2.58. The van der Waals surface area contributed by atoms with Crippen molar-refractivity contribution in [2.24, 2.45) is 0 Å². The minimum Gasteiger partial charge on any atom is -0.483 e. The van der Waals surface area contributed by atoms with Crippen LogP contribution in [0, 0.1) is 6.92 Å². The molecule has 120 valence electrons. The largest absolute Gasteiger partial charge is 0.483 e. The fourth-order valence-electron chi connectivity index (χ4n) is 2.58. The van der Waals surface area contributed by atoms with Crippen molar-refractivity contribution in [3.63, 3.8) is 0 Å². The number of nitrogens with zero attached hydrogens (tertiary/aromatic N) is 3. The molecular formula is C17H20N4O2. The van der Waals surface area contributed by atoms with Gasteiger partial charge in [-0.15, -0.1) is 0 Å². The molecule has 6 heteroatoms. The Labute approximate surface area is 135 Å². The van der Waals surface area contributed by atoms with Gasteiger partial charge in [0.15, 0.2) is 6.61 Å². The van der Waals surface area contributed by atoms with Gasteiger partial charge in [0.2, 0.25) is 0 Å². The van der Waals surface area contributed by atoms with Crippen LogP contribution in [0.5, 0.6) is 5.75 Å². The van der Waals surface area contributed by atoms with E-state index in [2.05, 4.69) is 20.2 Å².